The molecule has 20 heavy (non-hydrogen) atoms. The molecule has 1 heterocycles. The molecule has 0 aliphatic carbocycles. The van der Waals surface area contributed by atoms with Gasteiger partial charge in [-0.3, -0.25) is 10.2 Å². The van der Waals surface area contributed by atoms with Crippen LogP contribution in [0.5, 0.6) is 0 Å². The molecule has 0 unspecified atom stereocenters. The van der Waals surface area contributed by atoms with Crippen molar-refractivity contribution in [3.05, 3.63) is 0 Å². The Morgan fingerprint density at radius 3 is 2.45 bits per heavy atom. The molecule has 0 radical (unpaired) electrons. The van der Waals surface area contributed by atoms with E-state index in [2.05, 4.69) is 6.92 Å². The van der Waals surface area contributed by atoms with Gasteiger partial charge < -0.3 is 9.64 Å². The first kappa shape index (κ1) is 17.3. The highest BCUT2D eigenvalue weighted by Crippen LogP contribution is 2.15. The Morgan fingerprint density at radius 2 is 1.85 bits per heavy atom. The van der Waals surface area contributed by atoms with Crippen LogP contribution in [0.3, 0.4) is 0 Å². The molecule has 0 aromatic rings. The van der Waals surface area contributed by atoms with Crippen molar-refractivity contribution in [1.82, 2.24) is 4.90 Å². The topological polar surface area (TPSA) is 53.4 Å². The van der Waals surface area contributed by atoms with E-state index < -0.39 is 0 Å². The highest BCUT2D eigenvalue weighted by atomic mass is 32.2. The molecule has 1 N–H and O–H groups in total. The lowest BCUT2D eigenvalue weighted by Crippen LogP contribution is -2.31. The van der Waals surface area contributed by atoms with E-state index in [-0.39, 0.29) is 12.5 Å². The van der Waals surface area contributed by atoms with Crippen molar-refractivity contribution in [1.29, 1.82) is 5.41 Å². The minimum absolute atomic E-state index is 0.194. The van der Waals surface area contributed by atoms with Crippen LogP contribution in [0.1, 0.15) is 58.3 Å². The molecule has 5 heteroatoms. The van der Waals surface area contributed by atoms with Crippen molar-refractivity contribution >= 4 is 22.9 Å². The Bertz CT molecular complexity index is 298. The zero-order valence-electron chi connectivity index (χ0n) is 12.7. The molecule has 0 aromatic carbocycles. The standard InChI is InChI=1S/C15H28N2O2S/c1-2-3-4-5-6-7-8-9-11-19-14(18)13-17-10-12-20-15(17)16/h16H,2-13H2,1H3. The van der Waals surface area contributed by atoms with Crippen molar-refractivity contribution in [3.8, 4) is 0 Å². The van der Waals surface area contributed by atoms with Gasteiger partial charge in [-0.25, -0.2) is 0 Å². The molecule has 1 rings (SSSR count). The van der Waals surface area contributed by atoms with E-state index in [9.17, 15) is 4.79 Å². The summed E-state index contributed by atoms with van der Waals surface area (Å²) in [6.45, 7) is 3.79. The third kappa shape index (κ3) is 7.78. The number of carbonyl (C=O) groups is 1. The van der Waals surface area contributed by atoms with Gasteiger partial charge in [0.25, 0.3) is 0 Å². The van der Waals surface area contributed by atoms with Crippen molar-refractivity contribution in [2.75, 3.05) is 25.4 Å². The lowest BCUT2D eigenvalue weighted by atomic mass is 10.1. The molecular formula is C15H28N2O2S. The van der Waals surface area contributed by atoms with Gasteiger partial charge in [-0.1, -0.05) is 63.6 Å². The van der Waals surface area contributed by atoms with Crippen LogP contribution in [0.15, 0.2) is 0 Å². The maximum atomic E-state index is 11.6. The molecule has 1 aliphatic heterocycles. The van der Waals surface area contributed by atoms with Crippen molar-refractivity contribution in [3.63, 3.8) is 0 Å². The largest absolute Gasteiger partial charge is 0.464 e. The fourth-order valence-electron chi connectivity index (χ4n) is 2.22. The summed E-state index contributed by atoms with van der Waals surface area (Å²) in [5.74, 6) is 0.713. The van der Waals surface area contributed by atoms with Crippen LogP contribution in [0.4, 0.5) is 0 Å². The minimum atomic E-state index is -0.194. The molecule has 1 fully saturated rings. The number of amidine groups is 1. The second kappa shape index (κ2) is 11.0. The van der Waals surface area contributed by atoms with Gasteiger partial charge in [-0.2, -0.15) is 0 Å². The zero-order valence-corrected chi connectivity index (χ0v) is 13.5. The maximum absolute atomic E-state index is 11.6. The summed E-state index contributed by atoms with van der Waals surface area (Å²) in [7, 11) is 0. The van der Waals surface area contributed by atoms with E-state index in [0.717, 1.165) is 25.1 Å². The second-order valence-corrected chi connectivity index (χ2v) is 6.35. The second-order valence-electron chi connectivity index (χ2n) is 5.27. The Morgan fingerprint density at radius 1 is 1.20 bits per heavy atom. The van der Waals surface area contributed by atoms with Gasteiger partial charge in [0.1, 0.15) is 6.54 Å². The van der Waals surface area contributed by atoms with Crippen LogP contribution in [0, 0.1) is 5.41 Å². The number of carbonyl (C=O) groups excluding carboxylic acids is 1. The molecule has 1 saturated heterocycles. The highest BCUT2D eigenvalue weighted by Gasteiger charge is 2.20. The van der Waals surface area contributed by atoms with E-state index in [0.29, 0.717) is 11.8 Å². The number of nitrogens with one attached hydrogen (secondary N) is 1. The average Bonchev–Trinajstić information content (AvgIpc) is 2.82. The highest BCUT2D eigenvalue weighted by molar-refractivity contribution is 8.14. The van der Waals surface area contributed by atoms with Crippen LogP contribution in [-0.4, -0.2) is 41.5 Å². The molecule has 116 valence electrons. The Kier molecular flexibility index (Phi) is 9.54. The molecular weight excluding hydrogens is 272 g/mol. The van der Waals surface area contributed by atoms with Crippen LogP contribution >= 0.6 is 11.8 Å². The zero-order chi connectivity index (χ0) is 14.6. The predicted molar refractivity (Wildman–Crippen MR) is 85.3 cm³/mol. The van der Waals surface area contributed by atoms with E-state index in [4.69, 9.17) is 10.1 Å². The van der Waals surface area contributed by atoms with Crippen LogP contribution in [0.25, 0.3) is 0 Å². The van der Waals surface area contributed by atoms with Gasteiger partial charge >= 0.3 is 5.97 Å². The predicted octanol–water partition coefficient (Wildman–Crippen LogP) is 3.65. The summed E-state index contributed by atoms with van der Waals surface area (Å²) in [5.41, 5.74) is 0. The molecule has 0 bridgehead atoms. The third-order valence-corrected chi connectivity index (χ3v) is 4.39. The molecule has 0 amide bonds. The summed E-state index contributed by atoms with van der Waals surface area (Å²) in [6.07, 6.45) is 9.99. The van der Waals surface area contributed by atoms with Gasteiger partial charge in [-0.05, 0) is 6.42 Å². The third-order valence-electron chi connectivity index (χ3n) is 3.47. The Balaban J connectivity index is 1.88. The molecule has 1 aliphatic rings. The summed E-state index contributed by atoms with van der Waals surface area (Å²) in [6, 6.07) is 0. The first-order valence-corrected chi connectivity index (χ1v) is 8.84. The summed E-state index contributed by atoms with van der Waals surface area (Å²) < 4.78 is 5.21. The number of esters is 1. The Labute approximate surface area is 127 Å². The Hall–Kier alpha value is -0.710. The van der Waals surface area contributed by atoms with E-state index >= 15 is 0 Å². The number of unbranched alkanes of at least 4 members (excludes halogenated alkanes) is 7. The van der Waals surface area contributed by atoms with E-state index in [1.807, 2.05) is 0 Å². The first-order valence-electron chi connectivity index (χ1n) is 7.86. The fourth-order valence-corrected chi connectivity index (χ4v) is 3.06. The maximum Gasteiger partial charge on any atom is 0.325 e. The number of rotatable bonds is 11. The quantitative estimate of drug-likeness (QED) is 0.467. The lowest BCUT2D eigenvalue weighted by Gasteiger charge is -2.15. The smallest absolute Gasteiger partial charge is 0.325 e. The van der Waals surface area contributed by atoms with Crippen molar-refractivity contribution in [2.45, 2.75) is 58.3 Å². The van der Waals surface area contributed by atoms with Gasteiger partial charge in [0.15, 0.2) is 5.17 Å². The first-order chi connectivity index (χ1) is 9.74. The number of hydrogen-bond donors (Lipinski definition) is 1. The summed E-state index contributed by atoms with van der Waals surface area (Å²) in [4.78, 5) is 13.4. The average molecular weight is 300 g/mol. The van der Waals surface area contributed by atoms with Gasteiger partial charge in [0, 0.05) is 12.3 Å². The summed E-state index contributed by atoms with van der Waals surface area (Å²) >= 11 is 1.49. The van der Waals surface area contributed by atoms with E-state index in [1.165, 1.54) is 50.3 Å². The molecule has 0 aromatic heterocycles. The molecule has 0 spiro atoms. The molecule has 0 saturated carbocycles. The monoisotopic (exact) mass is 300 g/mol. The number of nitrogens with zero attached hydrogens (tertiary/aromatic N) is 1. The van der Waals surface area contributed by atoms with Gasteiger partial charge in [-0.15, -0.1) is 0 Å². The van der Waals surface area contributed by atoms with Gasteiger partial charge in [0.05, 0.1) is 6.61 Å². The normalized spacial score (nSPS) is 14.8. The molecule has 4 nitrogen and oxygen atoms in total. The minimum Gasteiger partial charge on any atom is -0.464 e. The van der Waals surface area contributed by atoms with Crippen LogP contribution in [0.2, 0.25) is 0 Å². The number of thioether (sulfide) groups is 1. The van der Waals surface area contributed by atoms with Crippen molar-refractivity contribution in [2.24, 2.45) is 0 Å². The SMILES string of the molecule is CCCCCCCCCCOC(=O)CN1CCSC1=N. The van der Waals surface area contributed by atoms with E-state index in [1.54, 1.807) is 4.90 Å². The fraction of sp³-hybridized carbons (Fsp3) is 0.867. The number of hydrogen-bond acceptors (Lipinski definition) is 4. The van der Waals surface area contributed by atoms with Crippen LogP contribution in [-0.2, 0) is 9.53 Å². The van der Waals surface area contributed by atoms with Crippen molar-refractivity contribution < 1.29 is 9.53 Å². The number of ether oxygens (including phenoxy) is 1. The van der Waals surface area contributed by atoms with Gasteiger partial charge in [0.2, 0.25) is 0 Å². The molecule has 0 atom stereocenters. The lowest BCUT2D eigenvalue weighted by molar-refractivity contribution is -0.144. The van der Waals surface area contributed by atoms with Crippen LogP contribution < -0.4 is 0 Å². The summed E-state index contributed by atoms with van der Waals surface area (Å²) in [5, 5.41) is 8.11.